The zero-order valence-corrected chi connectivity index (χ0v) is 13.8. The van der Waals surface area contributed by atoms with Crippen LogP contribution < -0.4 is 5.32 Å². The zero-order chi connectivity index (χ0) is 13.3. The highest BCUT2D eigenvalue weighted by molar-refractivity contribution is 9.11. The lowest BCUT2D eigenvalue weighted by molar-refractivity contribution is 0.704. The average Bonchev–Trinajstić information content (AvgIpc) is 2.64. The number of hydrogen-bond donors (Lipinski definition) is 1. The third kappa shape index (κ3) is 2.75. The predicted octanol–water partition coefficient (Wildman–Crippen LogP) is 5.43. The predicted molar refractivity (Wildman–Crippen MR) is 84.1 cm³/mol. The third-order valence-electron chi connectivity index (χ3n) is 2.74. The summed E-state index contributed by atoms with van der Waals surface area (Å²) in [5.41, 5.74) is 2.15. The molecule has 0 spiro atoms. The van der Waals surface area contributed by atoms with Crippen molar-refractivity contribution in [3.8, 4) is 0 Å². The molecule has 1 aromatic heterocycles. The summed E-state index contributed by atoms with van der Waals surface area (Å²) in [6.07, 6.45) is 0. The van der Waals surface area contributed by atoms with Gasteiger partial charge in [-0.25, -0.2) is 0 Å². The van der Waals surface area contributed by atoms with E-state index in [1.807, 2.05) is 25.2 Å². The van der Waals surface area contributed by atoms with E-state index in [-0.39, 0.29) is 6.04 Å². The Kier molecular flexibility index (Phi) is 4.73. The Morgan fingerprint density at radius 3 is 2.33 bits per heavy atom. The SMILES string of the molecule is CNC(c1cc(C)c(Br)s1)c1c(Cl)cccc1Cl. The summed E-state index contributed by atoms with van der Waals surface area (Å²) in [7, 11) is 1.91. The fourth-order valence-electron chi connectivity index (χ4n) is 1.84. The van der Waals surface area contributed by atoms with Gasteiger partial charge in [0, 0.05) is 20.5 Å². The smallest absolute Gasteiger partial charge is 0.0731 e. The van der Waals surface area contributed by atoms with E-state index in [0.29, 0.717) is 10.0 Å². The van der Waals surface area contributed by atoms with Crippen LogP contribution in [0.2, 0.25) is 10.0 Å². The number of halogens is 3. The quantitative estimate of drug-likeness (QED) is 0.765. The van der Waals surface area contributed by atoms with Gasteiger partial charge in [-0.1, -0.05) is 29.3 Å². The second-order valence-electron chi connectivity index (χ2n) is 3.96. The van der Waals surface area contributed by atoms with Crippen molar-refractivity contribution in [2.24, 2.45) is 0 Å². The average molecular weight is 365 g/mol. The molecule has 0 aliphatic rings. The summed E-state index contributed by atoms with van der Waals surface area (Å²) in [6, 6.07) is 7.75. The van der Waals surface area contributed by atoms with Crippen LogP contribution >= 0.6 is 50.5 Å². The maximum absolute atomic E-state index is 6.27. The molecule has 0 fully saturated rings. The van der Waals surface area contributed by atoms with Gasteiger partial charge in [0.1, 0.15) is 0 Å². The Morgan fingerprint density at radius 2 is 1.89 bits per heavy atom. The lowest BCUT2D eigenvalue weighted by Crippen LogP contribution is -2.17. The molecule has 1 N–H and O–H groups in total. The monoisotopic (exact) mass is 363 g/mol. The van der Waals surface area contributed by atoms with Crippen molar-refractivity contribution in [2.75, 3.05) is 7.05 Å². The van der Waals surface area contributed by atoms with Crippen molar-refractivity contribution in [3.05, 3.63) is 54.1 Å². The van der Waals surface area contributed by atoms with Crippen LogP contribution in [0.4, 0.5) is 0 Å². The van der Waals surface area contributed by atoms with Crippen molar-refractivity contribution in [1.29, 1.82) is 0 Å². The van der Waals surface area contributed by atoms with Crippen LogP contribution in [0.15, 0.2) is 28.1 Å². The fraction of sp³-hybridized carbons (Fsp3) is 0.231. The molecule has 2 aromatic rings. The van der Waals surface area contributed by atoms with Crippen LogP contribution in [0.1, 0.15) is 22.0 Å². The maximum atomic E-state index is 6.27. The molecule has 0 saturated heterocycles. The molecule has 18 heavy (non-hydrogen) atoms. The number of aryl methyl sites for hydroxylation is 1. The molecule has 0 aliphatic carbocycles. The van der Waals surface area contributed by atoms with Crippen molar-refractivity contribution in [2.45, 2.75) is 13.0 Å². The van der Waals surface area contributed by atoms with Gasteiger partial charge in [-0.05, 0) is 53.7 Å². The second kappa shape index (κ2) is 5.93. The normalized spacial score (nSPS) is 12.7. The summed E-state index contributed by atoms with van der Waals surface area (Å²) in [4.78, 5) is 1.19. The molecule has 1 heterocycles. The minimum absolute atomic E-state index is 0.0150. The van der Waals surface area contributed by atoms with E-state index in [4.69, 9.17) is 23.2 Å². The molecule has 1 atom stereocenters. The minimum Gasteiger partial charge on any atom is -0.309 e. The van der Waals surface area contributed by atoms with Gasteiger partial charge in [0.25, 0.3) is 0 Å². The van der Waals surface area contributed by atoms with Crippen LogP contribution in [-0.4, -0.2) is 7.05 Å². The van der Waals surface area contributed by atoms with Crippen molar-refractivity contribution < 1.29 is 0 Å². The molecule has 96 valence electrons. The number of thiophene rings is 1. The summed E-state index contributed by atoms with van der Waals surface area (Å²) in [5.74, 6) is 0. The molecular weight excluding hydrogens is 353 g/mol. The van der Waals surface area contributed by atoms with Crippen LogP contribution in [-0.2, 0) is 0 Å². The van der Waals surface area contributed by atoms with E-state index < -0.39 is 0 Å². The molecule has 1 unspecified atom stereocenters. The van der Waals surface area contributed by atoms with Crippen molar-refractivity contribution in [1.82, 2.24) is 5.32 Å². The van der Waals surface area contributed by atoms with Crippen LogP contribution in [0.3, 0.4) is 0 Å². The molecule has 2 rings (SSSR count). The Morgan fingerprint density at radius 1 is 1.28 bits per heavy atom. The first-order chi connectivity index (χ1) is 8.54. The molecule has 0 saturated carbocycles. The lowest BCUT2D eigenvalue weighted by atomic mass is 10.0. The van der Waals surface area contributed by atoms with E-state index in [9.17, 15) is 0 Å². The van der Waals surface area contributed by atoms with Crippen LogP contribution in [0.25, 0.3) is 0 Å². The molecule has 0 radical (unpaired) electrons. The Hall–Kier alpha value is -0.0600. The molecular formula is C13H12BrCl2NS. The summed E-state index contributed by atoms with van der Waals surface area (Å²) in [6.45, 7) is 2.07. The topological polar surface area (TPSA) is 12.0 Å². The maximum Gasteiger partial charge on any atom is 0.0731 e. The highest BCUT2D eigenvalue weighted by Crippen LogP contribution is 2.39. The molecule has 5 heteroatoms. The van der Waals surface area contributed by atoms with Gasteiger partial charge in [-0.2, -0.15) is 0 Å². The van der Waals surface area contributed by atoms with Gasteiger partial charge in [0.05, 0.1) is 9.83 Å². The first kappa shape index (κ1) is 14.4. The number of rotatable bonds is 3. The number of benzene rings is 1. The highest BCUT2D eigenvalue weighted by atomic mass is 79.9. The van der Waals surface area contributed by atoms with Gasteiger partial charge in [-0.15, -0.1) is 11.3 Å². The van der Waals surface area contributed by atoms with Gasteiger partial charge >= 0.3 is 0 Å². The molecule has 0 amide bonds. The molecule has 1 nitrogen and oxygen atoms in total. The van der Waals surface area contributed by atoms with Gasteiger partial charge in [0.15, 0.2) is 0 Å². The second-order valence-corrected chi connectivity index (χ2v) is 7.18. The Bertz CT molecular complexity index is 528. The van der Waals surface area contributed by atoms with Crippen molar-refractivity contribution in [3.63, 3.8) is 0 Å². The number of hydrogen-bond acceptors (Lipinski definition) is 2. The highest BCUT2D eigenvalue weighted by Gasteiger charge is 2.20. The molecule has 1 aromatic carbocycles. The van der Waals surface area contributed by atoms with Crippen LogP contribution in [0, 0.1) is 6.92 Å². The van der Waals surface area contributed by atoms with E-state index in [1.165, 1.54) is 10.4 Å². The lowest BCUT2D eigenvalue weighted by Gasteiger charge is -2.18. The van der Waals surface area contributed by atoms with E-state index in [1.54, 1.807) is 11.3 Å². The molecule has 0 aliphatic heterocycles. The first-order valence-corrected chi connectivity index (χ1v) is 7.78. The van der Waals surface area contributed by atoms with Gasteiger partial charge < -0.3 is 5.32 Å². The Labute approximate surface area is 129 Å². The largest absolute Gasteiger partial charge is 0.309 e. The first-order valence-electron chi connectivity index (χ1n) is 5.41. The minimum atomic E-state index is 0.0150. The summed E-state index contributed by atoms with van der Waals surface area (Å²) in [5, 5.41) is 4.65. The van der Waals surface area contributed by atoms with E-state index in [2.05, 4.69) is 34.2 Å². The van der Waals surface area contributed by atoms with Crippen molar-refractivity contribution >= 4 is 50.5 Å². The van der Waals surface area contributed by atoms with Crippen LogP contribution in [0.5, 0.6) is 0 Å². The summed E-state index contributed by atoms with van der Waals surface area (Å²) >= 11 is 17.8. The number of nitrogens with one attached hydrogen (secondary N) is 1. The van der Waals surface area contributed by atoms with Gasteiger partial charge in [-0.3, -0.25) is 0 Å². The summed E-state index contributed by atoms with van der Waals surface area (Å²) < 4.78 is 1.14. The van der Waals surface area contributed by atoms with Gasteiger partial charge in [0.2, 0.25) is 0 Å². The standard InChI is InChI=1S/C13H12BrCl2NS/c1-7-6-10(18-13(7)14)12(17-2)11-8(15)4-3-5-9(11)16/h3-6,12,17H,1-2H3. The molecule has 0 bridgehead atoms. The Balaban J connectivity index is 2.52. The third-order valence-corrected chi connectivity index (χ3v) is 5.60. The van der Waals surface area contributed by atoms with E-state index >= 15 is 0 Å². The fourth-order valence-corrected chi connectivity index (χ4v) is 4.15. The zero-order valence-electron chi connectivity index (χ0n) is 9.93. The van der Waals surface area contributed by atoms with E-state index in [0.717, 1.165) is 9.35 Å².